The van der Waals surface area contributed by atoms with Crippen molar-refractivity contribution in [3.05, 3.63) is 34.1 Å². The third kappa shape index (κ3) is 6.04. The maximum atomic E-state index is 14.0. The van der Waals surface area contributed by atoms with Gasteiger partial charge in [-0.2, -0.15) is 0 Å². The number of benzene rings is 1. The Labute approximate surface area is 158 Å². The van der Waals surface area contributed by atoms with Crippen molar-refractivity contribution in [2.75, 3.05) is 26.2 Å². The summed E-state index contributed by atoms with van der Waals surface area (Å²) in [6.07, 6.45) is 5.75. The summed E-state index contributed by atoms with van der Waals surface area (Å²) in [4.78, 5) is 16.6. The lowest BCUT2D eigenvalue weighted by molar-refractivity contribution is -0.135. The zero-order valence-electron chi connectivity index (χ0n) is 14.9. The summed E-state index contributed by atoms with van der Waals surface area (Å²) in [6.45, 7) is 3.51. The van der Waals surface area contributed by atoms with Crippen LogP contribution in [0.15, 0.2) is 22.7 Å². The molecule has 2 rings (SSSR count). The maximum absolute atomic E-state index is 14.0. The van der Waals surface area contributed by atoms with E-state index < -0.39 is 0 Å². The van der Waals surface area contributed by atoms with E-state index in [1.54, 1.807) is 12.1 Å². The second-order valence-corrected chi connectivity index (χ2v) is 7.56. The van der Waals surface area contributed by atoms with Gasteiger partial charge in [0.2, 0.25) is 5.91 Å². The van der Waals surface area contributed by atoms with Crippen LogP contribution in [0.1, 0.15) is 44.6 Å². The lowest BCUT2D eigenvalue weighted by Gasteiger charge is -2.35. The molecular weight excluding hydrogens is 387 g/mol. The molecule has 0 aromatic heterocycles. The van der Waals surface area contributed by atoms with E-state index in [0.29, 0.717) is 31.2 Å². The molecule has 1 amide bonds. The number of rotatable bonds is 8. The van der Waals surface area contributed by atoms with E-state index in [-0.39, 0.29) is 24.9 Å². The van der Waals surface area contributed by atoms with Gasteiger partial charge in [0.05, 0.1) is 13.2 Å². The second kappa shape index (κ2) is 10.2. The molecule has 1 aromatic carbocycles. The first kappa shape index (κ1) is 20.3. The molecule has 1 aromatic rings. The van der Waals surface area contributed by atoms with Crippen molar-refractivity contribution in [2.24, 2.45) is 0 Å². The fourth-order valence-corrected chi connectivity index (χ4v) is 3.98. The third-order valence-electron chi connectivity index (χ3n) is 4.85. The van der Waals surface area contributed by atoms with Crippen LogP contribution in [-0.2, 0) is 11.3 Å². The molecule has 0 spiro atoms. The highest BCUT2D eigenvalue weighted by molar-refractivity contribution is 9.10. The van der Waals surface area contributed by atoms with Gasteiger partial charge in [-0.3, -0.25) is 9.69 Å². The Morgan fingerprint density at radius 3 is 2.68 bits per heavy atom. The van der Waals surface area contributed by atoms with Gasteiger partial charge in [0.15, 0.2) is 0 Å². The number of halogens is 2. The van der Waals surface area contributed by atoms with E-state index >= 15 is 0 Å². The fourth-order valence-electron chi connectivity index (χ4n) is 3.57. The summed E-state index contributed by atoms with van der Waals surface area (Å²) >= 11 is 3.35. The number of hydrogen-bond acceptors (Lipinski definition) is 3. The van der Waals surface area contributed by atoms with E-state index in [1.165, 1.54) is 25.3 Å². The number of carbonyl (C=O) groups is 1. The van der Waals surface area contributed by atoms with Crippen LogP contribution in [0, 0.1) is 5.82 Å². The highest BCUT2D eigenvalue weighted by atomic mass is 79.9. The molecule has 25 heavy (non-hydrogen) atoms. The molecule has 0 aliphatic heterocycles. The Kier molecular flexibility index (Phi) is 8.33. The minimum Gasteiger partial charge on any atom is -0.395 e. The van der Waals surface area contributed by atoms with Crippen molar-refractivity contribution in [3.63, 3.8) is 0 Å². The van der Waals surface area contributed by atoms with Crippen LogP contribution >= 0.6 is 15.9 Å². The average Bonchev–Trinajstić information content (AvgIpc) is 2.60. The molecule has 1 aliphatic rings. The lowest BCUT2D eigenvalue weighted by Crippen LogP contribution is -2.46. The van der Waals surface area contributed by atoms with Gasteiger partial charge in [-0.05, 0) is 38.0 Å². The molecule has 1 fully saturated rings. The molecule has 6 heteroatoms. The first-order valence-electron chi connectivity index (χ1n) is 9.11. The Hall–Kier alpha value is -0.980. The van der Waals surface area contributed by atoms with Crippen LogP contribution in [0.2, 0.25) is 0 Å². The van der Waals surface area contributed by atoms with Gasteiger partial charge in [-0.1, -0.05) is 35.2 Å². The van der Waals surface area contributed by atoms with Crippen molar-refractivity contribution < 1.29 is 14.3 Å². The van der Waals surface area contributed by atoms with Crippen molar-refractivity contribution in [1.29, 1.82) is 0 Å². The van der Waals surface area contributed by atoms with Gasteiger partial charge in [-0.25, -0.2) is 4.39 Å². The smallest absolute Gasteiger partial charge is 0.236 e. The summed E-state index contributed by atoms with van der Waals surface area (Å²) in [6, 6.07) is 5.12. The molecule has 0 bridgehead atoms. The van der Waals surface area contributed by atoms with Crippen LogP contribution in [-0.4, -0.2) is 53.1 Å². The number of carbonyl (C=O) groups excluding carboxylic acids is 1. The maximum Gasteiger partial charge on any atom is 0.236 e. The first-order valence-corrected chi connectivity index (χ1v) is 9.91. The zero-order chi connectivity index (χ0) is 18.2. The zero-order valence-corrected chi connectivity index (χ0v) is 16.5. The minimum absolute atomic E-state index is 0.0571. The molecule has 0 unspecified atom stereocenters. The van der Waals surface area contributed by atoms with Gasteiger partial charge < -0.3 is 10.0 Å². The molecule has 0 heterocycles. The molecule has 1 aliphatic carbocycles. The van der Waals surface area contributed by atoms with E-state index in [4.69, 9.17) is 0 Å². The molecular formula is C19H28BrFN2O2. The molecule has 0 atom stereocenters. The topological polar surface area (TPSA) is 43.8 Å². The van der Waals surface area contributed by atoms with Crippen molar-refractivity contribution in [2.45, 2.75) is 51.6 Å². The summed E-state index contributed by atoms with van der Waals surface area (Å²) in [5.41, 5.74) is 0.524. The van der Waals surface area contributed by atoms with E-state index in [9.17, 15) is 14.3 Å². The third-order valence-corrected chi connectivity index (χ3v) is 5.35. The second-order valence-electron chi connectivity index (χ2n) is 6.64. The van der Waals surface area contributed by atoms with Crippen molar-refractivity contribution in [1.82, 2.24) is 9.80 Å². The Morgan fingerprint density at radius 1 is 1.32 bits per heavy atom. The van der Waals surface area contributed by atoms with Crippen molar-refractivity contribution in [3.8, 4) is 0 Å². The van der Waals surface area contributed by atoms with E-state index in [2.05, 4.69) is 15.9 Å². The summed E-state index contributed by atoms with van der Waals surface area (Å²) in [7, 11) is 0. The number of aliphatic hydroxyl groups excluding tert-OH is 1. The highest BCUT2D eigenvalue weighted by Crippen LogP contribution is 2.23. The van der Waals surface area contributed by atoms with Gasteiger partial charge in [0.1, 0.15) is 5.82 Å². The monoisotopic (exact) mass is 414 g/mol. The summed E-state index contributed by atoms with van der Waals surface area (Å²) in [5.74, 6) is -0.225. The van der Waals surface area contributed by atoms with Gasteiger partial charge in [0.25, 0.3) is 0 Å². The normalized spacial score (nSPS) is 15.6. The van der Waals surface area contributed by atoms with E-state index in [0.717, 1.165) is 17.3 Å². The molecule has 1 saturated carbocycles. The predicted molar refractivity (Wildman–Crippen MR) is 101 cm³/mol. The summed E-state index contributed by atoms with van der Waals surface area (Å²) in [5, 5.41) is 9.33. The lowest BCUT2D eigenvalue weighted by atomic mass is 9.94. The molecule has 0 radical (unpaired) electrons. The standard InChI is InChI=1S/C19H28BrFN2O2/c1-2-23(17-6-4-3-5-7-17)19(25)14-22(10-11-24)13-15-12-16(20)8-9-18(15)21/h8-9,12,17,24H,2-7,10-11,13-14H2,1H3. The molecule has 0 saturated heterocycles. The predicted octanol–water partition coefficient (Wildman–Crippen LogP) is 3.56. The van der Waals surface area contributed by atoms with Gasteiger partial charge in [0, 0.05) is 35.7 Å². The van der Waals surface area contributed by atoms with Crippen LogP contribution in [0.5, 0.6) is 0 Å². The molecule has 1 N–H and O–H groups in total. The summed E-state index contributed by atoms with van der Waals surface area (Å²) < 4.78 is 14.8. The van der Waals surface area contributed by atoms with Crippen LogP contribution in [0.4, 0.5) is 4.39 Å². The number of aliphatic hydroxyl groups is 1. The number of amides is 1. The fraction of sp³-hybridized carbons (Fsp3) is 0.632. The average molecular weight is 415 g/mol. The van der Waals surface area contributed by atoms with Crippen LogP contribution in [0.3, 0.4) is 0 Å². The largest absolute Gasteiger partial charge is 0.395 e. The Bertz CT molecular complexity index is 564. The minimum atomic E-state index is -0.293. The Balaban J connectivity index is 2.03. The molecule has 140 valence electrons. The molecule has 4 nitrogen and oxygen atoms in total. The number of nitrogens with zero attached hydrogens (tertiary/aromatic N) is 2. The van der Waals surface area contributed by atoms with Crippen LogP contribution in [0.25, 0.3) is 0 Å². The first-order chi connectivity index (χ1) is 12.0. The van der Waals surface area contributed by atoms with E-state index in [1.807, 2.05) is 16.7 Å². The SMILES string of the molecule is CCN(C(=O)CN(CCO)Cc1cc(Br)ccc1F)C1CCCCC1. The number of likely N-dealkylation sites (N-methyl/N-ethyl adjacent to an activating group) is 1. The van der Waals surface area contributed by atoms with Crippen LogP contribution < -0.4 is 0 Å². The van der Waals surface area contributed by atoms with Gasteiger partial charge in [-0.15, -0.1) is 0 Å². The van der Waals surface area contributed by atoms with Crippen molar-refractivity contribution >= 4 is 21.8 Å². The van der Waals surface area contributed by atoms with Gasteiger partial charge >= 0.3 is 0 Å². The highest BCUT2D eigenvalue weighted by Gasteiger charge is 2.25. The quantitative estimate of drug-likeness (QED) is 0.706. The Morgan fingerprint density at radius 2 is 2.04 bits per heavy atom. The number of hydrogen-bond donors (Lipinski definition) is 1.